The van der Waals surface area contributed by atoms with Gasteiger partial charge in [0.05, 0.1) is 5.02 Å². The minimum atomic E-state index is 0.0195. The molecule has 0 saturated carbocycles. The Morgan fingerprint density at radius 1 is 1.06 bits per heavy atom. The third-order valence-electron chi connectivity index (χ3n) is 2.29. The maximum Gasteiger partial charge on any atom is 0.146 e. The van der Waals surface area contributed by atoms with Gasteiger partial charge in [0.25, 0.3) is 0 Å². The number of hydrogen-bond acceptors (Lipinski definition) is 2. The fraction of sp³-hybridized carbons (Fsp3) is 0. The monoisotopic (exact) mass is 280 g/mol. The summed E-state index contributed by atoms with van der Waals surface area (Å²) in [6.07, 6.45) is 0. The molecule has 2 aromatic rings. The summed E-state index contributed by atoms with van der Waals surface area (Å²) in [5.74, 6) is 1.16. The van der Waals surface area contributed by atoms with Gasteiger partial charge in [-0.2, -0.15) is 0 Å². The third-order valence-corrected chi connectivity index (χ3v) is 2.82. The highest BCUT2D eigenvalue weighted by atomic mass is 35.5. The second-order valence-electron chi connectivity index (χ2n) is 3.61. The van der Waals surface area contributed by atoms with E-state index < -0.39 is 0 Å². The lowest BCUT2D eigenvalue weighted by molar-refractivity contribution is 0.483. The van der Waals surface area contributed by atoms with Crippen LogP contribution in [-0.2, 0) is 0 Å². The number of benzene rings is 2. The van der Waals surface area contributed by atoms with Gasteiger partial charge in [0.15, 0.2) is 0 Å². The van der Waals surface area contributed by atoms with Gasteiger partial charge in [0, 0.05) is 10.6 Å². The average Bonchev–Trinajstić information content (AvgIpc) is 2.33. The van der Waals surface area contributed by atoms with Crippen molar-refractivity contribution in [3.05, 3.63) is 58.1 Å². The maximum absolute atomic E-state index is 7.29. The molecule has 2 aromatic carbocycles. The highest BCUT2D eigenvalue weighted by molar-refractivity contribution is 6.35. The highest BCUT2D eigenvalue weighted by Gasteiger charge is 2.04. The summed E-state index contributed by atoms with van der Waals surface area (Å²) in [5.41, 5.74) is 6.01. The largest absolute Gasteiger partial charge is 0.456 e. The van der Waals surface area contributed by atoms with Crippen LogP contribution in [-0.4, -0.2) is 5.84 Å². The van der Waals surface area contributed by atoms with Crippen molar-refractivity contribution < 1.29 is 4.74 Å². The minimum Gasteiger partial charge on any atom is -0.456 e. The number of rotatable bonds is 3. The van der Waals surface area contributed by atoms with Crippen molar-refractivity contribution in [2.24, 2.45) is 5.73 Å². The quantitative estimate of drug-likeness (QED) is 0.658. The van der Waals surface area contributed by atoms with Gasteiger partial charge < -0.3 is 10.5 Å². The first-order chi connectivity index (χ1) is 8.56. The van der Waals surface area contributed by atoms with Crippen LogP contribution in [0.3, 0.4) is 0 Å². The van der Waals surface area contributed by atoms with Crippen molar-refractivity contribution in [3.63, 3.8) is 0 Å². The molecule has 0 aromatic heterocycles. The number of ether oxygens (including phenoxy) is 1. The summed E-state index contributed by atoms with van der Waals surface area (Å²) in [6.45, 7) is 0. The Labute approximate surface area is 115 Å². The van der Waals surface area contributed by atoms with Gasteiger partial charge in [-0.15, -0.1) is 0 Å². The topological polar surface area (TPSA) is 59.1 Å². The lowest BCUT2D eigenvalue weighted by Crippen LogP contribution is -2.10. The van der Waals surface area contributed by atoms with Crippen molar-refractivity contribution >= 4 is 29.0 Å². The van der Waals surface area contributed by atoms with E-state index in [2.05, 4.69) is 0 Å². The molecule has 2 rings (SSSR count). The van der Waals surface area contributed by atoms with Crippen LogP contribution in [0.5, 0.6) is 11.5 Å². The van der Waals surface area contributed by atoms with E-state index in [1.165, 1.54) is 0 Å². The molecule has 0 aliphatic heterocycles. The number of nitrogens with two attached hydrogens (primary N) is 1. The molecule has 0 atom stereocenters. The minimum absolute atomic E-state index is 0.0195. The lowest BCUT2D eigenvalue weighted by Gasteiger charge is -2.08. The summed E-state index contributed by atoms with van der Waals surface area (Å²) < 4.78 is 5.60. The summed E-state index contributed by atoms with van der Waals surface area (Å²) >= 11 is 11.8. The third kappa shape index (κ3) is 2.94. The fourth-order valence-electron chi connectivity index (χ4n) is 1.39. The van der Waals surface area contributed by atoms with Crippen LogP contribution in [0.2, 0.25) is 10.0 Å². The number of nitrogen functional groups attached to an aromatic ring is 1. The molecule has 0 amide bonds. The van der Waals surface area contributed by atoms with Crippen LogP contribution >= 0.6 is 23.2 Å². The summed E-state index contributed by atoms with van der Waals surface area (Å²) in [4.78, 5) is 0. The number of halogens is 2. The standard InChI is InChI=1S/C13H10Cl2N2O/c14-9-3-6-12(11(15)7-9)18-10-4-1-8(2-5-10)13(16)17/h1-7H,(H3,16,17). The predicted molar refractivity (Wildman–Crippen MR) is 74.0 cm³/mol. The van der Waals surface area contributed by atoms with Crippen molar-refractivity contribution in [3.8, 4) is 11.5 Å². The van der Waals surface area contributed by atoms with Gasteiger partial charge in [-0.05, 0) is 42.5 Å². The lowest BCUT2D eigenvalue weighted by atomic mass is 10.2. The molecule has 0 saturated heterocycles. The summed E-state index contributed by atoms with van der Waals surface area (Å²) in [6, 6.07) is 11.9. The smallest absolute Gasteiger partial charge is 0.146 e. The van der Waals surface area contributed by atoms with Crippen LogP contribution in [0.4, 0.5) is 0 Å². The van der Waals surface area contributed by atoms with Crippen LogP contribution in [0.1, 0.15) is 5.56 Å². The molecule has 92 valence electrons. The Morgan fingerprint density at radius 3 is 2.28 bits per heavy atom. The van der Waals surface area contributed by atoms with Crippen molar-refractivity contribution in [2.45, 2.75) is 0 Å². The fourth-order valence-corrected chi connectivity index (χ4v) is 1.83. The second kappa shape index (κ2) is 5.29. The zero-order valence-corrected chi connectivity index (χ0v) is 10.8. The number of amidine groups is 1. The molecule has 0 unspecified atom stereocenters. The van der Waals surface area contributed by atoms with Gasteiger partial charge in [0.2, 0.25) is 0 Å². The predicted octanol–water partition coefficient (Wildman–Crippen LogP) is 4.07. The zero-order valence-electron chi connectivity index (χ0n) is 9.28. The molecule has 0 fully saturated rings. The van der Waals surface area contributed by atoms with Crippen LogP contribution < -0.4 is 10.5 Å². The maximum atomic E-state index is 7.29. The molecule has 0 aliphatic carbocycles. The first-order valence-corrected chi connectivity index (χ1v) is 5.89. The van der Waals surface area contributed by atoms with Gasteiger partial charge in [-0.3, -0.25) is 5.41 Å². The molecular weight excluding hydrogens is 271 g/mol. The first kappa shape index (κ1) is 12.7. The van der Waals surface area contributed by atoms with E-state index in [0.717, 1.165) is 0 Å². The van der Waals surface area contributed by atoms with Crippen LogP contribution in [0, 0.1) is 5.41 Å². The van der Waals surface area contributed by atoms with Gasteiger partial charge in [-0.25, -0.2) is 0 Å². The van der Waals surface area contributed by atoms with E-state index in [1.807, 2.05) is 0 Å². The molecule has 18 heavy (non-hydrogen) atoms. The molecule has 0 radical (unpaired) electrons. The van der Waals surface area contributed by atoms with E-state index >= 15 is 0 Å². The van der Waals surface area contributed by atoms with Crippen molar-refractivity contribution in [1.29, 1.82) is 5.41 Å². The SMILES string of the molecule is N=C(N)c1ccc(Oc2ccc(Cl)cc2Cl)cc1. The second-order valence-corrected chi connectivity index (χ2v) is 4.46. The van der Waals surface area contributed by atoms with E-state index in [-0.39, 0.29) is 5.84 Å². The molecule has 0 bridgehead atoms. The molecular formula is C13H10Cl2N2O. The Balaban J connectivity index is 2.21. The Bertz CT molecular complexity index is 582. The van der Waals surface area contributed by atoms with Crippen molar-refractivity contribution in [2.75, 3.05) is 0 Å². The Hall–Kier alpha value is -1.71. The summed E-state index contributed by atoms with van der Waals surface area (Å²) in [5, 5.41) is 8.28. The first-order valence-electron chi connectivity index (χ1n) is 5.13. The van der Waals surface area contributed by atoms with E-state index in [4.69, 9.17) is 39.1 Å². The molecule has 0 spiro atoms. The normalized spacial score (nSPS) is 10.1. The molecule has 0 aliphatic rings. The van der Waals surface area contributed by atoms with E-state index in [1.54, 1.807) is 42.5 Å². The number of hydrogen-bond donors (Lipinski definition) is 2. The molecule has 3 nitrogen and oxygen atoms in total. The Kier molecular flexibility index (Phi) is 3.75. The van der Waals surface area contributed by atoms with Crippen molar-refractivity contribution in [1.82, 2.24) is 0 Å². The Morgan fingerprint density at radius 2 is 1.72 bits per heavy atom. The van der Waals surface area contributed by atoms with Crippen LogP contribution in [0.15, 0.2) is 42.5 Å². The average molecular weight is 281 g/mol. The molecule has 0 heterocycles. The molecule has 5 heteroatoms. The van der Waals surface area contributed by atoms with Crippen LogP contribution in [0.25, 0.3) is 0 Å². The highest BCUT2D eigenvalue weighted by Crippen LogP contribution is 2.31. The van der Waals surface area contributed by atoms with Gasteiger partial charge in [-0.1, -0.05) is 23.2 Å². The van der Waals surface area contributed by atoms with E-state index in [0.29, 0.717) is 27.1 Å². The van der Waals surface area contributed by atoms with E-state index in [9.17, 15) is 0 Å². The van der Waals surface area contributed by atoms with Gasteiger partial charge >= 0.3 is 0 Å². The zero-order chi connectivity index (χ0) is 13.1. The molecule has 3 N–H and O–H groups in total. The summed E-state index contributed by atoms with van der Waals surface area (Å²) in [7, 11) is 0. The van der Waals surface area contributed by atoms with Gasteiger partial charge in [0.1, 0.15) is 17.3 Å². The number of nitrogens with one attached hydrogen (secondary N) is 1.